The van der Waals surface area contributed by atoms with Gasteiger partial charge < -0.3 is 5.32 Å². The molecule has 0 aliphatic rings. The summed E-state index contributed by atoms with van der Waals surface area (Å²) in [7, 11) is 2.01. The first-order chi connectivity index (χ1) is 9.79. The first-order valence-electron chi connectivity index (χ1n) is 6.52. The van der Waals surface area contributed by atoms with Gasteiger partial charge in [-0.1, -0.05) is 18.2 Å². The number of aromatic nitrogens is 1. The Morgan fingerprint density at radius 3 is 2.85 bits per heavy atom. The van der Waals surface area contributed by atoms with Gasteiger partial charge in [-0.2, -0.15) is 0 Å². The minimum Gasteiger partial charge on any atom is -0.312 e. The fourth-order valence-corrected chi connectivity index (χ4v) is 4.19. The maximum absolute atomic E-state index is 4.43. The Balaban J connectivity index is 1.98. The van der Waals surface area contributed by atoms with Crippen LogP contribution in [0.25, 0.3) is 10.9 Å². The summed E-state index contributed by atoms with van der Waals surface area (Å²) in [6.07, 6.45) is 2.85. The summed E-state index contributed by atoms with van der Waals surface area (Å²) >= 11 is 5.41. The number of halogens is 1. The molecule has 2 nitrogen and oxygen atoms in total. The van der Waals surface area contributed by atoms with E-state index in [1.165, 1.54) is 20.3 Å². The van der Waals surface area contributed by atoms with Crippen molar-refractivity contribution in [3.8, 4) is 0 Å². The number of rotatable bonds is 4. The number of pyridine rings is 1. The SMILES string of the molecule is CNC(Cc1ccnc2ccccc12)c1sccc1Br. The minimum absolute atomic E-state index is 0.315. The van der Waals surface area contributed by atoms with Crippen LogP contribution in [0.4, 0.5) is 0 Å². The van der Waals surface area contributed by atoms with Crippen LogP contribution in [0, 0.1) is 0 Å². The van der Waals surface area contributed by atoms with Crippen molar-refractivity contribution in [3.63, 3.8) is 0 Å². The maximum Gasteiger partial charge on any atom is 0.0704 e. The van der Waals surface area contributed by atoms with E-state index in [2.05, 4.69) is 61.9 Å². The molecule has 0 fully saturated rings. The molecule has 3 rings (SSSR count). The van der Waals surface area contributed by atoms with Crippen LogP contribution >= 0.6 is 27.3 Å². The Bertz CT molecular complexity index is 718. The van der Waals surface area contributed by atoms with Crippen LogP contribution in [0.15, 0.2) is 52.4 Å². The molecule has 1 atom stereocenters. The Labute approximate surface area is 131 Å². The predicted molar refractivity (Wildman–Crippen MR) is 89.3 cm³/mol. The molecule has 2 aromatic heterocycles. The highest BCUT2D eigenvalue weighted by atomic mass is 79.9. The number of fused-ring (bicyclic) bond motifs is 1. The molecular formula is C16H15BrN2S. The van der Waals surface area contributed by atoms with E-state index in [0.29, 0.717) is 6.04 Å². The summed E-state index contributed by atoms with van der Waals surface area (Å²) in [5.41, 5.74) is 2.39. The van der Waals surface area contributed by atoms with Crippen molar-refractivity contribution in [2.75, 3.05) is 7.05 Å². The van der Waals surface area contributed by atoms with Gasteiger partial charge in [0.1, 0.15) is 0 Å². The van der Waals surface area contributed by atoms with Crippen molar-refractivity contribution in [1.82, 2.24) is 10.3 Å². The van der Waals surface area contributed by atoms with E-state index in [9.17, 15) is 0 Å². The standard InChI is InChI=1S/C16H15BrN2S/c1-18-15(16-13(17)7-9-20-16)10-11-6-8-19-14-5-3-2-4-12(11)14/h2-9,15,18H,10H2,1H3. The van der Waals surface area contributed by atoms with Gasteiger partial charge in [0.25, 0.3) is 0 Å². The number of nitrogens with zero attached hydrogens (tertiary/aromatic N) is 1. The highest BCUT2D eigenvalue weighted by Crippen LogP contribution is 2.32. The van der Waals surface area contributed by atoms with E-state index in [-0.39, 0.29) is 0 Å². The Morgan fingerprint density at radius 1 is 1.25 bits per heavy atom. The second-order valence-corrected chi connectivity index (χ2v) is 6.47. The summed E-state index contributed by atoms with van der Waals surface area (Å²) in [5.74, 6) is 0. The Hall–Kier alpha value is -1.23. The summed E-state index contributed by atoms with van der Waals surface area (Å²) < 4.78 is 1.18. The third-order valence-electron chi connectivity index (χ3n) is 3.47. The lowest BCUT2D eigenvalue weighted by Gasteiger charge is -2.16. The first kappa shape index (κ1) is 13.7. The quantitative estimate of drug-likeness (QED) is 0.748. The molecule has 4 heteroatoms. The summed E-state index contributed by atoms with van der Waals surface area (Å²) in [6.45, 7) is 0. The highest BCUT2D eigenvalue weighted by molar-refractivity contribution is 9.10. The van der Waals surface area contributed by atoms with Gasteiger partial charge in [0, 0.05) is 27.0 Å². The van der Waals surface area contributed by atoms with E-state index in [4.69, 9.17) is 0 Å². The molecule has 0 saturated carbocycles. The predicted octanol–water partition coefficient (Wildman–Crippen LogP) is 4.56. The number of benzene rings is 1. The molecule has 1 unspecified atom stereocenters. The van der Waals surface area contributed by atoms with Gasteiger partial charge in [-0.15, -0.1) is 11.3 Å². The van der Waals surface area contributed by atoms with Gasteiger partial charge in [-0.05, 0) is 58.5 Å². The lowest BCUT2D eigenvalue weighted by Crippen LogP contribution is -2.18. The zero-order chi connectivity index (χ0) is 13.9. The van der Waals surface area contributed by atoms with Gasteiger partial charge in [0.05, 0.1) is 5.52 Å². The smallest absolute Gasteiger partial charge is 0.0704 e. The number of nitrogens with one attached hydrogen (secondary N) is 1. The van der Waals surface area contributed by atoms with Crippen LogP contribution in [0.5, 0.6) is 0 Å². The van der Waals surface area contributed by atoms with Gasteiger partial charge in [-0.3, -0.25) is 4.98 Å². The van der Waals surface area contributed by atoms with E-state index in [0.717, 1.165) is 11.9 Å². The number of para-hydroxylation sites is 1. The molecule has 20 heavy (non-hydrogen) atoms. The van der Waals surface area contributed by atoms with Crippen molar-refractivity contribution >= 4 is 38.2 Å². The van der Waals surface area contributed by atoms with Gasteiger partial charge in [0.2, 0.25) is 0 Å². The van der Waals surface area contributed by atoms with E-state index >= 15 is 0 Å². The van der Waals surface area contributed by atoms with Crippen molar-refractivity contribution in [2.45, 2.75) is 12.5 Å². The Kier molecular flexibility index (Phi) is 4.15. The molecule has 102 valence electrons. The van der Waals surface area contributed by atoms with E-state index < -0.39 is 0 Å². The van der Waals surface area contributed by atoms with Crippen LogP contribution in [0.3, 0.4) is 0 Å². The van der Waals surface area contributed by atoms with Crippen LogP contribution in [-0.2, 0) is 6.42 Å². The second-order valence-electron chi connectivity index (χ2n) is 4.67. The maximum atomic E-state index is 4.43. The van der Waals surface area contributed by atoms with Crippen LogP contribution < -0.4 is 5.32 Å². The molecule has 0 aliphatic carbocycles. The third kappa shape index (κ3) is 2.64. The van der Waals surface area contributed by atoms with Crippen molar-refractivity contribution < 1.29 is 0 Å². The number of hydrogen-bond donors (Lipinski definition) is 1. The summed E-state index contributed by atoms with van der Waals surface area (Å²) in [4.78, 5) is 5.77. The van der Waals surface area contributed by atoms with Gasteiger partial charge >= 0.3 is 0 Å². The molecular weight excluding hydrogens is 332 g/mol. The van der Waals surface area contributed by atoms with E-state index in [1.54, 1.807) is 11.3 Å². The molecule has 0 amide bonds. The monoisotopic (exact) mass is 346 g/mol. The summed E-state index contributed by atoms with van der Waals surface area (Å²) in [5, 5.41) is 6.78. The molecule has 1 aromatic carbocycles. The lowest BCUT2D eigenvalue weighted by atomic mass is 10.0. The van der Waals surface area contributed by atoms with E-state index in [1.807, 2.05) is 19.3 Å². The highest BCUT2D eigenvalue weighted by Gasteiger charge is 2.16. The fraction of sp³-hybridized carbons (Fsp3) is 0.188. The molecule has 0 saturated heterocycles. The zero-order valence-corrected chi connectivity index (χ0v) is 13.5. The normalized spacial score (nSPS) is 12.7. The fourth-order valence-electron chi connectivity index (χ4n) is 2.43. The lowest BCUT2D eigenvalue weighted by molar-refractivity contribution is 0.602. The van der Waals surface area contributed by atoms with Crippen molar-refractivity contribution in [2.24, 2.45) is 0 Å². The van der Waals surface area contributed by atoms with Crippen LogP contribution in [-0.4, -0.2) is 12.0 Å². The third-order valence-corrected chi connectivity index (χ3v) is 5.46. The van der Waals surface area contributed by atoms with Crippen molar-refractivity contribution in [1.29, 1.82) is 0 Å². The number of thiophene rings is 1. The molecule has 1 N–H and O–H groups in total. The minimum atomic E-state index is 0.315. The molecule has 3 aromatic rings. The largest absolute Gasteiger partial charge is 0.312 e. The van der Waals surface area contributed by atoms with Crippen LogP contribution in [0.1, 0.15) is 16.5 Å². The van der Waals surface area contributed by atoms with Crippen LogP contribution in [0.2, 0.25) is 0 Å². The Morgan fingerprint density at radius 2 is 2.10 bits per heavy atom. The molecule has 0 radical (unpaired) electrons. The topological polar surface area (TPSA) is 24.9 Å². The van der Waals surface area contributed by atoms with Gasteiger partial charge in [-0.25, -0.2) is 0 Å². The second kappa shape index (κ2) is 6.04. The number of likely N-dealkylation sites (N-methyl/N-ethyl adjacent to an activating group) is 1. The summed E-state index contributed by atoms with van der Waals surface area (Å²) in [6, 6.07) is 12.9. The molecule has 0 aliphatic heterocycles. The molecule has 2 heterocycles. The van der Waals surface area contributed by atoms with Crippen molar-refractivity contribution in [3.05, 3.63) is 62.9 Å². The van der Waals surface area contributed by atoms with Gasteiger partial charge in [0.15, 0.2) is 0 Å². The molecule has 0 spiro atoms. The number of hydrogen-bond acceptors (Lipinski definition) is 3. The zero-order valence-electron chi connectivity index (χ0n) is 11.1. The average Bonchev–Trinajstić information content (AvgIpc) is 2.91. The first-order valence-corrected chi connectivity index (χ1v) is 8.19. The molecule has 0 bridgehead atoms. The average molecular weight is 347 g/mol.